The van der Waals surface area contributed by atoms with E-state index in [0.717, 1.165) is 13.0 Å². The smallest absolute Gasteiger partial charge is 0.0447 e. The monoisotopic (exact) mass is 220 g/mol. The van der Waals surface area contributed by atoms with Crippen molar-refractivity contribution < 1.29 is 5.11 Å². The SMILES string of the molecule is NCc1ccc(N(CCCO)C2CC2)cc1. The summed E-state index contributed by atoms with van der Waals surface area (Å²) >= 11 is 0. The number of benzene rings is 1. The molecule has 3 nitrogen and oxygen atoms in total. The Morgan fingerprint density at radius 3 is 2.44 bits per heavy atom. The van der Waals surface area contributed by atoms with Crippen LogP contribution in [0, 0.1) is 0 Å². The largest absolute Gasteiger partial charge is 0.396 e. The standard InChI is InChI=1S/C13H20N2O/c14-10-11-2-4-12(5-3-11)15(8-1-9-16)13-6-7-13/h2-5,13,16H,1,6-10,14H2. The van der Waals surface area contributed by atoms with Crippen LogP contribution in [0.15, 0.2) is 24.3 Å². The minimum atomic E-state index is 0.268. The Labute approximate surface area is 96.9 Å². The lowest BCUT2D eigenvalue weighted by Crippen LogP contribution is -2.27. The summed E-state index contributed by atoms with van der Waals surface area (Å²) in [5.74, 6) is 0. The normalized spacial score (nSPS) is 15.1. The van der Waals surface area contributed by atoms with Gasteiger partial charge in [0.2, 0.25) is 0 Å². The minimum absolute atomic E-state index is 0.268. The van der Waals surface area contributed by atoms with Gasteiger partial charge in [0.25, 0.3) is 0 Å². The quantitative estimate of drug-likeness (QED) is 0.763. The Morgan fingerprint density at radius 2 is 1.94 bits per heavy atom. The summed E-state index contributed by atoms with van der Waals surface area (Å²) < 4.78 is 0. The zero-order chi connectivity index (χ0) is 11.4. The van der Waals surface area contributed by atoms with Crippen molar-refractivity contribution in [1.82, 2.24) is 0 Å². The van der Waals surface area contributed by atoms with Crippen LogP contribution in [0.25, 0.3) is 0 Å². The predicted molar refractivity (Wildman–Crippen MR) is 66.4 cm³/mol. The molecule has 88 valence electrons. The number of aliphatic hydroxyl groups is 1. The molecule has 0 unspecified atom stereocenters. The number of hydrogen-bond donors (Lipinski definition) is 2. The molecule has 0 spiro atoms. The van der Waals surface area contributed by atoms with Crippen molar-refractivity contribution in [2.24, 2.45) is 5.73 Å². The summed E-state index contributed by atoms with van der Waals surface area (Å²) in [5.41, 5.74) is 8.01. The van der Waals surface area contributed by atoms with Gasteiger partial charge >= 0.3 is 0 Å². The maximum Gasteiger partial charge on any atom is 0.0447 e. The lowest BCUT2D eigenvalue weighted by Gasteiger charge is -2.24. The average Bonchev–Trinajstić information content (AvgIpc) is 3.15. The average molecular weight is 220 g/mol. The summed E-state index contributed by atoms with van der Waals surface area (Å²) in [6, 6.07) is 9.14. The highest BCUT2D eigenvalue weighted by atomic mass is 16.3. The Bertz CT molecular complexity index is 319. The molecule has 3 N–H and O–H groups in total. The zero-order valence-corrected chi connectivity index (χ0v) is 9.60. The van der Waals surface area contributed by atoms with Crippen LogP contribution in [0.2, 0.25) is 0 Å². The predicted octanol–water partition coefficient (Wildman–Crippen LogP) is 1.50. The summed E-state index contributed by atoms with van der Waals surface area (Å²) in [6.45, 7) is 1.81. The summed E-state index contributed by atoms with van der Waals surface area (Å²) in [5, 5.41) is 8.90. The first-order valence-electron chi connectivity index (χ1n) is 6.01. The molecule has 1 aromatic rings. The molecule has 0 atom stereocenters. The van der Waals surface area contributed by atoms with Crippen LogP contribution in [0.3, 0.4) is 0 Å². The van der Waals surface area contributed by atoms with Gasteiger partial charge in [-0.25, -0.2) is 0 Å². The van der Waals surface area contributed by atoms with Crippen LogP contribution in [-0.4, -0.2) is 24.3 Å². The second-order valence-electron chi connectivity index (χ2n) is 4.37. The topological polar surface area (TPSA) is 49.5 Å². The van der Waals surface area contributed by atoms with E-state index in [0.29, 0.717) is 12.6 Å². The fourth-order valence-electron chi connectivity index (χ4n) is 1.97. The van der Waals surface area contributed by atoms with E-state index in [1.807, 2.05) is 0 Å². The van der Waals surface area contributed by atoms with Gasteiger partial charge in [-0.05, 0) is 37.0 Å². The number of rotatable bonds is 6. The first kappa shape index (κ1) is 11.4. The molecule has 0 aliphatic heterocycles. The molecule has 1 aliphatic rings. The molecule has 1 aromatic carbocycles. The number of hydrogen-bond acceptors (Lipinski definition) is 3. The van der Waals surface area contributed by atoms with Crippen molar-refractivity contribution >= 4 is 5.69 Å². The van der Waals surface area contributed by atoms with Gasteiger partial charge in [-0.1, -0.05) is 12.1 Å². The van der Waals surface area contributed by atoms with Gasteiger partial charge in [-0.15, -0.1) is 0 Å². The molecule has 2 rings (SSSR count). The third kappa shape index (κ3) is 2.74. The number of nitrogens with zero attached hydrogens (tertiary/aromatic N) is 1. The second kappa shape index (κ2) is 5.32. The summed E-state index contributed by atoms with van der Waals surface area (Å²) in [6.07, 6.45) is 3.41. The van der Waals surface area contributed by atoms with Gasteiger partial charge in [0.1, 0.15) is 0 Å². The van der Waals surface area contributed by atoms with Crippen molar-refractivity contribution in [2.45, 2.75) is 31.8 Å². The lowest BCUT2D eigenvalue weighted by molar-refractivity contribution is 0.289. The first-order valence-corrected chi connectivity index (χ1v) is 6.01. The van der Waals surface area contributed by atoms with E-state index in [4.69, 9.17) is 10.8 Å². The Morgan fingerprint density at radius 1 is 1.25 bits per heavy atom. The molecule has 0 saturated heterocycles. The van der Waals surface area contributed by atoms with E-state index in [1.54, 1.807) is 0 Å². The third-order valence-corrected chi connectivity index (χ3v) is 3.05. The highest BCUT2D eigenvalue weighted by Crippen LogP contribution is 2.31. The van der Waals surface area contributed by atoms with Crippen molar-refractivity contribution in [3.63, 3.8) is 0 Å². The Hall–Kier alpha value is -1.06. The van der Waals surface area contributed by atoms with Crippen LogP contribution in [-0.2, 0) is 6.54 Å². The molecule has 16 heavy (non-hydrogen) atoms. The Kier molecular flexibility index (Phi) is 3.80. The van der Waals surface area contributed by atoms with E-state index in [2.05, 4.69) is 29.2 Å². The van der Waals surface area contributed by atoms with Gasteiger partial charge in [-0.2, -0.15) is 0 Å². The van der Waals surface area contributed by atoms with E-state index in [9.17, 15) is 0 Å². The Balaban J connectivity index is 2.05. The highest BCUT2D eigenvalue weighted by Gasteiger charge is 2.28. The van der Waals surface area contributed by atoms with E-state index >= 15 is 0 Å². The van der Waals surface area contributed by atoms with Crippen molar-refractivity contribution in [3.8, 4) is 0 Å². The molecule has 0 heterocycles. The fourth-order valence-corrected chi connectivity index (χ4v) is 1.97. The molecule has 3 heteroatoms. The summed E-state index contributed by atoms with van der Waals surface area (Å²) in [4.78, 5) is 2.40. The molecular weight excluding hydrogens is 200 g/mol. The lowest BCUT2D eigenvalue weighted by atomic mass is 10.2. The van der Waals surface area contributed by atoms with Crippen LogP contribution < -0.4 is 10.6 Å². The van der Waals surface area contributed by atoms with Gasteiger partial charge in [0.15, 0.2) is 0 Å². The van der Waals surface area contributed by atoms with Crippen molar-refractivity contribution in [1.29, 1.82) is 0 Å². The fraction of sp³-hybridized carbons (Fsp3) is 0.538. The van der Waals surface area contributed by atoms with Gasteiger partial charge in [0.05, 0.1) is 0 Å². The van der Waals surface area contributed by atoms with Crippen LogP contribution in [0.4, 0.5) is 5.69 Å². The number of nitrogens with two attached hydrogens (primary N) is 1. The molecule has 1 saturated carbocycles. The highest BCUT2D eigenvalue weighted by molar-refractivity contribution is 5.49. The first-order chi connectivity index (χ1) is 7.85. The maximum atomic E-state index is 8.90. The molecule has 0 bridgehead atoms. The second-order valence-corrected chi connectivity index (χ2v) is 4.37. The van der Waals surface area contributed by atoms with Crippen LogP contribution in [0.1, 0.15) is 24.8 Å². The minimum Gasteiger partial charge on any atom is -0.396 e. The number of aliphatic hydroxyl groups excluding tert-OH is 1. The molecule has 0 amide bonds. The van der Waals surface area contributed by atoms with E-state index in [1.165, 1.54) is 24.1 Å². The molecular formula is C13H20N2O. The van der Waals surface area contributed by atoms with E-state index in [-0.39, 0.29) is 6.61 Å². The zero-order valence-electron chi connectivity index (χ0n) is 9.60. The van der Waals surface area contributed by atoms with Gasteiger partial charge in [-0.3, -0.25) is 0 Å². The van der Waals surface area contributed by atoms with Crippen molar-refractivity contribution in [3.05, 3.63) is 29.8 Å². The van der Waals surface area contributed by atoms with E-state index < -0.39 is 0 Å². The molecule has 1 fully saturated rings. The number of anilines is 1. The summed E-state index contributed by atoms with van der Waals surface area (Å²) in [7, 11) is 0. The third-order valence-electron chi connectivity index (χ3n) is 3.05. The van der Waals surface area contributed by atoms with Crippen LogP contribution >= 0.6 is 0 Å². The van der Waals surface area contributed by atoms with Crippen molar-refractivity contribution in [2.75, 3.05) is 18.1 Å². The van der Waals surface area contributed by atoms with Gasteiger partial charge < -0.3 is 15.7 Å². The molecule has 0 radical (unpaired) electrons. The molecule has 1 aliphatic carbocycles. The molecule has 0 aromatic heterocycles. The van der Waals surface area contributed by atoms with Gasteiger partial charge in [0, 0.05) is 31.4 Å². The maximum absolute atomic E-state index is 8.90. The van der Waals surface area contributed by atoms with Crippen LogP contribution in [0.5, 0.6) is 0 Å².